The predicted molar refractivity (Wildman–Crippen MR) is 71.6 cm³/mol. The van der Waals surface area contributed by atoms with Crippen LogP contribution in [-0.2, 0) is 10.0 Å². The summed E-state index contributed by atoms with van der Waals surface area (Å²) in [6, 6.07) is 3.14. The Hall–Kier alpha value is -0.180. The first kappa shape index (κ1) is 14.2. The molecule has 1 fully saturated rings. The first-order chi connectivity index (χ1) is 8.54. The number of thiophene rings is 1. The highest BCUT2D eigenvalue weighted by Gasteiger charge is 2.29. The number of halogens is 1. The van der Waals surface area contributed by atoms with Crippen LogP contribution in [-0.4, -0.2) is 62.1 Å². The lowest BCUT2D eigenvalue weighted by atomic mass is 10.4. The van der Waals surface area contributed by atoms with Crippen molar-refractivity contribution in [1.82, 2.24) is 9.21 Å². The van der Waals surface area contributed by atoms with Gasteiger partial charge in [0.15, 0.2) is 0 Å². The monoisotopic (exact) mass is 310 g/mol. The molecule has 0 aromatic carbocycles. The molecule has 102 valence electrons. The van der Waals surface area contributed by atoms with Gasteiger partial charge in [-0.25, -0.2) is 8.42 Å². The average molecular weight is 311 g/mol. The summed E-state index contributed by atoms with van der Waals surface area (Å²) in [5, 5.41) is 8.84. The molecule has 5 nitrogen and oxygen atoms in total. The lowest BCUT2D eigenvalue weighted by Crippen LogP contribution is -2.49. The fraction of sp³-hybridized carbons (Fsp3) is 0.600. The number of β-amino-alcohol motifs (C(OH)–C–C–N with tert-alkyl or cyclic N) is 1. The van der Waals surface area contributed by atoms with Gasteiger partial charge in [-0.15, -0.1) is 11.3 Å². The number of nitrogens with zero attached hydrogens (tertiary/aromatic N) is 2. The summed E-state index contributed by atoms with van der Waals surface area (Å²) < 4.78 is 26.8. The highest BCUT2D eigenvalue weighted by Crippen LogP contribution is 2.28. The number of hydrogen-bond acceptors (Lipinski definition) is 5. The van der Waals surface area contributed by atoms with Crippen LogP contribution in [0.5, 0.6) is 0 Å². The van der Waals surface area contributed by atoms with Crippen molar-refractivity contribution in [3.05, 3.63) is 16.5 Å². The molecular formula is C10H15ClN2O3S2. The zero-order valence-corrected chi connectivity index (χ0v) is 12.1. The number of rotatable bonds is 4. The smallest absolute Gasteiger partial charge is 0.252 e. The number of piperazine rings is 1. The fourth-order valence-corrected chi connectivity index (χ4v) is 4.96. The molecule has 1 saturated heterocycles. The minimum atomic E-state index is -3.40. The Labute approximate surface area is 116 Å². The van der Waals surface area contributed by atoms with Crippen molar-refractivity contribution in [2.45, 2.75) is 4.21 Å². The highest BCUT2D eigenvalue weighted by atomic mass is 35.5. The minimum Gasteiger partial charge on any atom is -0.395 e. The van der Waals surface area contributed by atoms with Gasteiger partial charge in [-0.1, -0.05) is 11.6 Å². The SMILES string of the molecule is O=S(=O)(c1ccc(Cl)s1)N1CCN(CCO)CC1. The lowest BCUT2D eigenvalue weighted by Gasteiger charge is -2.33. The predicted octanol–water partition coefficient (Wildman–Crippen LogP) is 0.700. The molecule has 2 rings (SSSR count). The van der Waals surface area contributed by atoms with E-state index in [0.717, 1.165) is 11.3 Å². The van der Waals surface area contributed by atoms with Crippen molar-refractivity contribution >= 4 is 33.0 Å². The normalized spacial score (nSPS) is 19.2. The molecule has 0 bridgehead atoms. The van der Waals surface area contributed by atoms with Crippen LogP contribution in [0.2, 0.25) is 4.34 Å². The molecule has 1 N–H and O–H groups in total. The Morgan fingerprint density at radius 2 is 1.94 bits per heavy atom. The van der Waals surface area contributed by atoms with E-state index in [9.17, 15) is 8.42 Å². The average Bonchev–Trinajstić information content (AvgIpc) is 2.78. The third kappa shape index (κ3) is 3.04. The lowest BCUT2D eigenvalue weighted by molar-refractivity contribution is 0.151. The summed E-state index contributed by atoms with van der Waals surface area (Å²) in [5.74, 6) is 0. The summed E-state index contributed by atoms with van der Waals surface area (Å²) in [6.45, 7) is 2.92. The van der Waals surface area contributed by atoms with Gasteiger partial charge in [-0.05, 0) is 12.1 Å². The van der Waals surface area contributed by atoms with Gasteiger partial charge in [0.2, 0.25) is 0 Å². The first-order valence-corrected chi connectivity index (χ1v) is 8.26. The molecular weight excluding hydrogens is 296 g/mol. The molecule has 0 spiro atoms. The van der Waals surface area contributed by atoms with E-state index in [4.69, 9.17) is 16.7 Å². The van der Waals surface area contributed by atoms with Crippen LogP contribution < -0.4 is 0 Å². The van der Waals surface area contributed by atoms with E-state index in [-0.39, 0.29) is 6.61 Å². The van der Waals surface area contributed by atoms with Gasteiger partial charge in [0.25, 0.3) is 10.0 Å². The van der Waals surface area contributed by atoms with Gasteiger partial charge in [0.05, 0.1) is 10.9 Å². The number of aliphatic hydroxyl groups excluding tert-OH is 1. The zero-order valence-electron chi connectivity index (χ0n) is 9.75. The van der Waals surface area contributed by atoms with Crippen LogP contribution in [0, 0.1) is 0 Å². The molecule has 0 saturated carbocycles. The standard InChI is InChI=1S/C10H15ClN2O3S2/c11-9-1-2-10(17-9)18(15,16)13-5-3-12(4-6-13)7-8-14/h1-2,14H,3-8H2. The molecule has 2 heterocycles. The van der Waals surface area contributed by atoms with Crippen molar-refractivity contribution in [1.29, 1.82) is 0 Å². The first-order valence-electron chi connectivity index (χ1n) is 5.63. The van der Waals surface area contributed by atoms with E-state index >= 15 is 0 Å². The van der Waals surface area contributed by atoms with E-state index in [1.807, 2.05) is 4.90 Å². The Kier molecular flexibility index (Phi) is 4.63. The molecule has 8 heteroatoms. The van der Waals surface area contributed by atoms with Gasteiger partial charge in [-0.2, -0.15) is 4.31 Å². The molecule has 1 aliphatic heterocycles. The van der Waals surface area contributed by atoms with Crippen LogP contribution in [0.15, 0.2) is 16.3 Å². The molecule has 1 aromatic heterocycles. The summed E-state index contributed by atoms with van der Waals surface area (Å²) >= 11 is 6.85. The molecule has 0 atom stereocenters. The maximum absolute atomic E-state index is 12.3. The summed E-state index contributed by atoms with van der Waals surface area (Å²) in [7, 11) is -3.40. The Morgan fingerprint density at radius 3 is 2.44 bits per heavy atom. The molecule has 0 amide bonds. The van der Waals surface area contributed by atoms with Crippen LogP contribution in [0.3, 0.4) is 0 Å². The zero-order chi connectivity index (χ0) is 13.2. The van der Waals surface area contributed by atoms with Crippen LogP contribution >= 0.6 is 22.9 Å². The van der Waals surface area contributed by atoms with Crippen LogP contribution in [0.25, 0.3) is 0 Å². The molecule has 0 radical (unpaired) electrons. The molecule has 0 unspecified atom stereocenters. The van der Waals surface area contributed by atoms with Gasteiger partial charge in [0, 0.05) is 32.7 Å². The van der Waals surface area contributed by atoms with Gasteiger partial charge in [0.1, 0.15) is 4.21 Å². The molecule has 1 aliphatic rings. The van der Waals surface area contributed by atoms with Gasteiger partial charge < -0.3 is 5.11 Å². The highest BCUT2D eigenvalue weighted by molar-refractivity contribution is 7.91. The van der Waals surface area contributed by atoms with Crippen LogP contribution in [0.4, 0.5) is 0 Å². The quantitative estimate of drug-likeness (QED) is 0.889. The molecule has 1 aromatic rings. The summed E-state index contributed by atoms with van der Waals surface area (Å²) in [4.78, 5) is 2.05. The van der Waals surface area contributed by atoms with Crippen molar-refractivity contribution in [2.24, 2.45) is 0 Å². The third-order valence-electron chi connectivity index (χ3n) is 2.89. The maximum atomic E-state index is 12.3. The summed E-state index contributed by atoms with van der Waals surface area (Å²) in [5.41, 5.74) is 0. The van der Waals surface area contributed by atoms with E-state index in [1.165, 1.54) is 4.31 Å². The van der Waals surface area contributed by atoms with Crippen LogP contribution in [0.1, 0.15) is 0 Å². The maximum Gasteiger partial charge on any atom is 0.252 e. The Bertz CT molecular complexity index is 495. The van der Waals surface area contributed by atoms with Gasteiger partial charge >= 0.3 is 0 Å². The van der Waals surface area contributed by atoms with Gasteiger partial charge in [-0.3, -0.25) is 4.90 Å². The Balaban J connectivity index is 2.05. The van der Waals surface area contributed by atoms with E-state index < -0.39 is 10.0 Å². The number of sulfonamides is 1. The van der Waals surface area contributed by atoms with E-state index in [0.29, 0.717) is 41.3 Å². The van der Waals surface area contributed by atoms with Crippen molar-refractivity contribution in [2.75, 3.05) is 39.3 Å². The fourth-order valence-electron chi connectivity index (χ4n) is 1.90. The van der Waals surface area contributed by atoms with Crippen molar-refractivity contribution in [3.8, 4) is 0 Å². The topological polar surface area (TPSA) is 60.9 Å². The molecule has 18 heavy (non-hydrogen) atoms. The number of aliphatic hydroxyl groups is 1. The summed E-state index contributed by atoms with van der Waals surface area (Å²) in [6.07, 6.45) is 0. The second-order valence-electron chi connectivity index (χ2n) is 4.03. The second kappa shape index (κ2) is 5.85. The van der Waals surface area contributed by atoms with Crippen molar-refractivity contribution in [3.63, 3.8) is 0 Å². The van der Waals surface area contributed by atoms with E-state index in [1.54, 1.807) is 12.1 Å². The van der Waals surface area contributed by atoms with E-state index in [2.05, 4.69) is 0 Å². The van der Waals surface area contributed by atoms with Crippen molar-refractivity contribution < 1.29 is 13.5 Å². The Morgan fingerprint density at radius 1 is 1.28 bits per heavy atom. The number of hydrogen-bond donors (Lipinski definition) is 1. The second-order valence-corrected chi connectivity index (χ2v) is 7.91. The largest absolute Gasteiger partial charge is 0.395 e. The minimum absolute atomic E-state index is 0.104. The third-order valence-corrected chi connectivity index (χ3v) is 6.49. The molecule has 0 aliphatic carbocycles.